The predicted molar refractivity (Wildman–Crippen MR) is 427 cm³/mol. The summed E-state index contributed by atoms with van der Waals surface area (Å²) in [6, 6.07) is 109. The average Bonchev–Trinajstić information content (AvgIpc) is 1.51. The van der Waals surface area contributed by atoms with Crippen LogP contribution in [0.4, 0.5) is 0 Å². The van der Waals surface area contributed by atoms with Gasteiger partial charge < -0.3 is 17.6 Å². The van der Waals surface area contributed by atoms with Crippen LogP contribution < -0.4 is 0 Å². The number of aromatic nitrogens is 8. The van der Waals surface area contributed by atoms with E-state index in [-0.39, 0.29) is 0 Å². The Bertz CT molecular complexity index is 8110. The molecule has 10 nitrogen and oxygen atoms in total. The van der Waals surface area contributed by atoms with E-state index in [1.54, 1.807) is 0 Å². The Kier molecular flexibility index (Phi) is 10.4. The highest BCUT2D eigenvalue weighted by Gasteiger charge is 2.31. The van der Waals surface area contributed by atoms with Gasteiger partial charge in [0.1, 0.15) is 11.2 Å². The third-order valence-corrected chi connectivity index (χ3v) is 22.6. The molecular formula is C94H50N8O2. The molecule has 10 aromatic heterocycles. The zero-order chi connectivity index (χ0) is 67.3. The molecule has 0 aliphatic heterocycles. The molecule has 0 aliphatic rings. The summed E-state index contributed by atoms with van der Waals surface area (Å²) in [5.74, 6) is 2.68. The van der Waals surface area contributed by atoms with Gasteiger partial charge in [-0.2, -0.15) is 9.97 Å². The van der Waals surface area contributed by atoms with Gasteiger partial charge in [-0.25, -0.2) is 9.97 Å². The molecule has 0 fully saturated rings. The van der Waals surface area contributed by atoms with Crippen molar-refractivity contribution in [2.24, 2.45) is 0 Å². The third-order valence-electron chi connectivity index (χ3n) is 22.6. The highest BCUT2D eigenvalue weighted by molar-refractivity contribution is 6.41. The Balaban J connectivity index is 0.696. The quantitative estimate of drug-likeness (QED) is 0.165. The van der Waals surface area contributed by atoms with Crippen LogP contribution in [-0.2, 0) is 0 Å². The summed E-state index contributed by atoms with van der Waals surface area (Å²) < 4.78 is 23.4. The Morgan fingerprint density at radius 2 is 0.625 bits per heavy atom. The molecule has 0 atom stereocenters. The van der Waals surface area contributed by atoms with Crippen LogP contribution in [0.5, 0.6) is 0 Å². The molecule has 0 bridgehead atoms. The fourth-order valence-corrected chi connectivity index (χ4v) is 18.3. The van der Waals surface area contributed by atoms with Gasteiger partial charge in [-0.05, 0) is 117 Å². The lowest BCUT2D eigenvalue weighted by Gasteiger charge is -2.12. The topological polar surface area (TPSA) is 96.5 Å². The van der Waals surface area contributed by atoms with Crippen molar-refractivity contribution in [1.29, 1.82) is 0 Å². The molecule has 478 valence electrons. The Hall–Kier alpha value is -14.2. The second kappa shape index (κ2) is 19.8. The third kappa shape index (κ3) is 7.07. The lowest BCUT2D eigenvalue weighted by atomic mass is 9.95. The van der Waals surface area contributed by atoms with E-state index < -0.39 is 0 Å². The number of benzene rings is 15. The van der Waals surface area contributed by atoms with Crippen LogP contribution in [0.15, 0.2) is 312 Å². The van der Waals surface area contributed by atoms with Crippen LogP contribution >= 0.6 is 0 Å². The van der Waals surface area contributed by atoms with E-state index in [0.717, 1.165) is 132 Å². The maximum Gasteiger partial charge on any atom is 0.233 e. The number of hydrogen-bond acceptors (Lipinski definition) is 6. The molecule has 25 aromatic rings. The Labute approximate surface area is 588 Å². The average molecular weight is 1320 g/mol. The van der Waals surface area contributed by atoms with Crippen molar-refractivity contribution in [1.82, 2.24) is 37.9 Å². The van der Waals surface area contributed by atoms with Crippen molar-refractivity contribution in [3.05, 3.63) is 303 Å². The van der Waals surface area contributed by atoms with Crippen molar-refractivity contribution >= 4 is 185 Å². The van der Waals surface area contributed by atoms with Crippen molar-refractivity contribution in [3.63, 3.8) is 0 Å². The maximum absolute atomic E-state index is 6.86. The highest BCUT2D eigenvalue weighted by Crippen LogP contribution is 2.52. The minimum atomic E-state index is 0.529. The van der Waals surface area contributed by atoms with Gasteiger partial charge in [0.05, 0.1) is 65.9 Å². The van der Waals surface area contributed by atoms with Crippen LogP contribution in [-0.4, -0.2) is 37.9 Å². The predicted octanol–water partition coefficient (Wildman–Crippen LogP) is 24.5. The Morgan fingerprint density at radius 1 is 0.212 bits per heavy atom. The number of rotatable bonds is 6. The summed E-state index contributed by atoms with van der Waals surface area (Å²) in [5, 5.41) is 22.7. The standard InChI is InChI=1S/C94H50N8O2/c1-2-19-51(20-3-1)52-37-39-54(40-38-52)89-95-91(83-65-29-10-16-35-77(65)103-93(83)97-89)101-71-33-14-9-28-64(71)82-76(101)50-68-62-26-7-13-32-70(62)100-74-46-43-57-47-56(41-44-60(57)80(74)86(82)88(68)100)55-22-18-23-58(48-55)90-96-92(84-66-30-11-17-36-78(66)104-94(84)98-90)102-72-34-15-8-27-63(72)81-75(102)49-67-61-25-6-12-31-69(61)99-73-45-42-53-21-4-5-24-59(53)79(73)85(81)87(67)99/h1-50H. The monoisotopic (exact) mass is 1320 g/mol. The van der Waals surface area contributed by atoms with E-state index in [1.807, 2.05) is 30.3 Å². The van der Waals surface area contributed by atoms with E-state index in [1.165, 1.54) is 86.7 Å². The minimum absolute atomic E-state index is 0.529. The van der Waals surface area contributed by atoms with Crippen molar-refractivity contribution in [3.8, 4) is 56.7 Å². The largest absolute Gasteiger partial charge is 0.437 e. The molecule has 0 radical (unpaired) electrons. The van der Waals surface area contributed by atoms with E-state index in [9.17, 15) is 0 Å². The summed E-state index contributed by atoms with van der Waals surface area (Å²) in [7, 11) is 0. The summed E-state index contributed by atoms with van der Waals surface area (Å²) in [6.45, 7) is 0. The second-order valence-corrected chi connectivity index (χ2v) is 27.9. The first-order chi connectivity index (χ1) is 51.6. The normalized spacial score (nSPS) is 12.6. The Morgan fingerprint density at radius 3 is 1.21 bits per heavy atom. The lowest BCUT2D eigenvalue weighted by Crippen LogP contribution is -2.02. The van der Waals surface area contributed by atoms with E-state index in [4.69, 9.17) is 28.8 Å². The first-order valence-corrected chi connectivity index (χ1v) is 35.3. The van der Waals surface area contributed by atoms with Gasteiger partial charge >= 0.3 is 0 Å². The summed E-state index contributed by atoms with van der Waals surface area (Å²) in [5.41, 5.74) is 20.1. The van der Waals surface area contributed by atoms with Gasteiger partial charge in [-0.3, -0.25) is 9.13 Å². The van der Waals surface area contributed by atoms with Crippen LogP contribution in [0.25, 0.3) is 242 Å². The van der Waals surface area contributed by atoms with Crippen LogP contribution in [0, 0.1) is 0 Å². The second-order valence-electron chi connectivity index (χ2n) is 27.9. The number of para-hydroxylation sites is 6. The van der Waals surface area contributed by atoms with Gasteiger partial charge in [0.25, 0.3) is 0 Å². The van der Waals surface area contributed by atoms with Gasteiger partial charge in [0, 0.05) is 86.5 Å². The highest BCUT2D eigenvalue weighted by atomic mass is 16.3. The molecule has 0 amide bonds. The van der Waals surface area contributed by atoms with Gasteiger partial charge in [-0.1, -0.05) is 231 Å². The molecule has 15 aromatic carbocycles. The number of fused-ring (bicyclic) bond motifs is 30. The molecule has 25 rings (SSSR count). The van der Waals surface area contributed by atoms with E-state index >= 15 is 0 Å². The number of furan rings is 2. The molecule has 0 aliphatic carbocycles. The molecule has 0 unspecified atom stereocenters. The van der Waals surface area contributed by atoms with Gasteiger partial charge in [-0.15, -0.1) is 0 Å². The molecule has 104 heavy (non-hydrogen) atoms. The van der Waals surface area contributed by atoms with Gasteiger partial charge in [0.15, 0.2) is 23.3 Å². The molecule has 0 N–H and O–H groups in total. The molecule has 0 saturated carbocycles. The van der Waals surface area contributed by atoms with Gasteiger partial charge in [0.2, 0.25) is 11.4 Å². The SMILES string of the molecule is c1ccc(-c2ccc(-c3nc(-n4c5ccccc5c5c6c7c8ccc(-c9cccc(-c%10nc(-n%11c%12ccccc%12c%12c%13c%14c%15ccccc%15ccc%14n%14c%15ccccc%15c(cc%12%11)c%13%14)c%11c(n%10)oc%10ccccc%10%11)c9)cc8ccc7n7c8ccccc8c(cc54)c67)c4c(n3)oc3ccccc34)cc2)cc1. The molecule has 10 heterocycles. The lowest BCUT2D eigenvalue weighted by molar-refractivity contribution is 0.652. The zero-order valence-corrected chi connectivity index (χ0v) is 55.3. The smallest absolute Gasteiger partial charge is 0.233 e. The minimum Gasteiger partial charge on any atom is -0.437 e. The van der Waals surface area contributed by atoms with E-state index in [2.05, 4.69) is 291 Å². The molecule has 0 spiro atoms. The zero-order valence-electron chi connectivity index (χ0n) is 55.3. The maximum atomic E-state index is 6.86. The molecule has 10 heteroatoms. The fourth-order valence-electron chi connectivity index (χ4n) is 18.3. The van der Waals surface area contributed by atoms with Crippen molar-refractivity contribution in [2.75, 3.05) is 0 Å². The summed E-state index contributed by atoms with van der Waals surface area (Å²) in [4.78, 5) is 22.1. The summed E-state index contributed by atoms with van der Waals surface area (Å²) >= 11 is 0. The van der Waals surface area contributed by atoms with Crippen LogP contribution in [0.1, 0.15) is 0 Å². The first kappa shape index (κ1) is 54.7. The van der Waals surface area contributed by atoms with Crippen LogP contribution in [0.2, 0.25) is 0 Å². The van der Waals surface area contributed by atoms with E-state index in [0.29, 0.717) is 23.1 Å². The van der Waals surface area contributed by atoms with Crippen molar-refractivity contribution in [2.45, 2.75) is 0 Å². The number of nitrogens with zero attached hydrogens (tertiary/aromatic N) is 8. The van der Waals surface area contributed by atoms with Crippen molar-refractivity contribution < 1.29 is 8.83 Å². The molecule has 0 saturated heterocycles. The fraction of sp³-hybridized carbons (Fsp3) is 0. The summed E-state index contributed by atoms with van der Waals surface area (Å²) in [6.07, 6.45) is 0. The van der Waals surface area contributed by atoms with Crippen LogP contribution in [0.3, 0.4) is 0 Å². The number of hydrogen-bond donors (Lipinski definition) is 0. The first-order valence-electron chi connectivity index (χ1n) is 35.3. The molecular weight excluding hydrogens is 1270 g/mol.